The van der Waals surface area contributed by atoms with E-state index in [2.05, 4.69) is 31.1 Å². The largest absolute Gasteiger partial charge is 0.376 e. The minimum Gasteiger partial charge on any atom is -0.376 e. The molecule has 0 aliphatic carbocycles. The van der Waals surface area contributed by atoms with Gasteiger partial charge < -0.3 is 19.7 Å². The molecule has 1 N–H and O–H groups in total. The third kappa shape index (κ3) is 6.16. The third-order valence-electron chi connectivity index (χ3n) is 5.19. The quantitative estimate of drug-likeness (QED) is 0.558. The van der Waals surface area contributed by atoms with Crippen LogP contribution >= 0.6 is 15.9 Å². The van der Waals surface area contributed by atoms with Gasteiger partial charge in [-0.05, 0) is 55.9 Å². The van der Waals surface area contributed by atoms with Gasteiger partial charge in [-0.1, -0.05) is 15.9 Å². The molecule has 0 spiro atoms. The lowest BCUT2D eigenvalue weighted by atomic mass is 10.1. The normalized spacial score (nSPS) is 22.1. The molecule has 0 amide bonds. The van der Waals surface area contributed by atoms with E-state index in [-0.39, 0.29) is 11.9 Å². The second kappa shape index (κ2) is 10.4. The fourth-order valence-corrected chi connectivity index (χ4v) is 3.99. The number of benzene rings is 1. The van der Waals surface area contributed by atoms with Gasteiger partial charge in [0.15, 0.2) is 5.96 Å². The average molecular weight is 442 g/mol. The van der Waals surface area contributed by atoms with Crippen molar-refractivity contribution in [3.8, 4) is 0 Å². The van der Waals surface area contributed by atoms with Crippen molar-refractivity contribution in [1.29, 1.82) is 0 Å². The highest BCUT2D eigenvalue weighted by molar-refractivity contribution is 9.10. The molecule has 1 unspecified atom stereocenters. The molecule has 0 saturated carbocycles. The van der Waals surface area contributed by atoms with Crippen LogP contribution in [0.4, 0.5) is 4.39 Å². The van der Waals surface area contributed by atoms with E-state index in [4.69, 9.17) is 9.47 Å². The first kappa shape index (κ1) is 20.6. The number of ether oxygens (including phenoxy) is 2. The van der Waals surface area contributed by atoms with Crippen molar-refractivity contribution in [1.82, 2.24) is 10.2 Å². The number of nitrogens with zero attached hydrogens (tertiary/aromatic N) is 2. The highest BCUT2D eigenvalue weighted by Gasteiger charge is 2.23. The van der Waals surface area contributed by atoms with Crippen molar-refractivity contribution < 1.29 is 13.9 Å². The minimum absolute atomic E-state index is 0.232. The Morgan fingerprint density at radius 3 is 2.85 bits per heavy atom. The fraction of sp³-hybridized carbons (Fsp3) is 0.650. The maximum Gasteiger partial charge on any atom is 0.193 e. The first-order valence-corrected chi connectivity index (χ1v) is 10.6. The third-order valence-corrected chi connectivity index (χ3v) is 5.96. The Balaban J connectivity index is 1.42. The zero-order valence-corrected chi connectivity index (χ0v) is 17.5. The molecule has 1 aromatic rings. The topological polar surface area (TPSA) is 46.1 Å². The Morgan fingerprint density at radius 1 is 1.33 bits per heavy atom. The number of halogens is 2. The molecule has 2 saturated heterocycles. The van der Waals surface area contributed by atoms with E-state index in [0.717, 1.165) is 55.0 Å². The molecule has 150 valence electrons. The van der Waals surface area contributed by atoms with Gasteiger partial charge in [0.25, 0.3) is 0 Å². The number of hydrogen-bond acceptors (Lipinski definition) is 3. The van der Waals surface area contributed by atoms with E-state index < -0.39 is 0 Å². The maximum atomic E-state index is 13.4. The lowest BCUT2D eigenvalue weighted by Gasteiger charge is -2.35. The molecular formula is C20H29BrFN3O2. The summed E-state index contributed by atoms with van der Waals surface area (Å²) in [5.41, 5.74) is 0.877. The molecule has 3 rings (SSSR count). The van der Waals surface area contributed by atoms with Crippen LogP contribution in [0.5, 0.6) is 0 Å². The Labute approximate surface area is 169 Å². The smallest absolute Gasteiger partial charge is 0.193 e. The van der Waals surface area contributed by atoms with Crippen LogP contribution in [0.2, 0.25) is 0 Å². The number of piperidine rings is 1. The summed E-state index contributed by atoms with van der Waals surface area (Å²) in [6, 6.07) is 4.72. The van der Waals surface area contributed by atoms with Gasteiger partial charge in [0, 0.05) is 37.8 Å². The van der Waals surface area contributed by atoms with E-state index >= 15 is 0 Å². The monoisotopic (exact) mass is 441 g/mol. The summed E-state index contributed by atoms with van der Waals surface area (Å²) in [6.07, 6.45) is 6.07. The summed E-state index contributed by atoms with van der Waals surface area (Å²) < 4.78 is 26.2. The van der Waals surface area contributed by atoms with Crippen LogP contribution in [0.3, 0.4) is 0 Å². The summed E-state index contributed by atoms with van der Waals surface area (Å²) in [5.74, 6) is 0.616. The standard InChI is InChI=1S/C20H29BrFN3O2/c1-23-20(24-13-15-12-16(22)5-6-19(15)21)25-9-7-17(8-10-25)27-14-18-4-2-3-11-26-18/h5-6,12,17-18H,2-4,7-11,13-14H2,1H3,(H,23,24). The molecule has 2 aliphatic rings. The summed E-state index contributed by atoms with van der Waals surface area (Å²) in [4.78, 5) is 6.63. The zero-order chi connectivity index (χ0) is 19.1. The van der Waals surface area contributed by atoms with Crippen LogP contribution in [-0.2, 0) is 16.0 Å². The van der Waals surface area contributed by atoms with Gasteiger partial charge >= 0.3 is 0 Å². The van der Waals surface area contributed by atoms with Gasteiger partial charge in [-0.25, -0.2) is 4.39 Å². The summed E-state index contributed by atoms with van der Waals surface area (Å²) >= 11 is 3.47. The molecule has 5 nitrogen and oxygen atoms in total. The van der Waals surface area contributed by atoms with Gasteiger partial charge in [-0.15, -0.1) is 0 Å². The Morgan fingerprint density at radius 2 is 2.15 bits per heavy atom. The second-order valence-corrected chi connectivity index (χ2v) is 8.00. The summed E-state index contributed by atoms with van der Waals surface area (Å²) in [5, 5.41) is 3.34. The van der Waals surface area contributed by atoms with Crippen LogP contribution < -0.4 is 5.32 Å². The average Bonchev–Trinajstić information content (AvgIpc) is 2.71. The van der Waals surface area contributed by atoms with E-state index in [1.807, 2.05) is 0 Å². The molecule has 0 aromatic heterocycles. The Hall–Kier alpha value is -1.18. The molecule has 2 fully saturated rings. The SMILES string of the molecule is CN=C(NCc1cc(F)ccc1Br)N1CCC(OCC2CCCCO2)CC1. The van der Waals surface area contributed by atoms with Crippen molar-refractivity contribution in [2.75, 3.05) is 33.4 Å². The van der Waals surface area contributed by atoms with Crippen LogP contribution in [-0.4, -0.2) is 56.4 Å². The highest BCUT2D eigenvalue weighted by Crippen LogP contribution is 2.19. The van der Waals surface area contributed by atoms with Crippen molar-refractivity contribution in [2.45, 2.75) is 50.9 Å². The predicted octanol–water partition coefficient (Wildman–Crippen LogP) is 3.71. The molecule has 27 heavy (non-hydrogen) atoms. The van der Waals surface area contributed by atoms with Gasteiger partial charge in [0.1, 0.15) is 5.82 Å². The fourth-order valence-electron chi connectivity index (χ4n) is 3.60. The molecule has 2 aliphatic heterocycles. The van der Waals surface area contributed by atoms with Gasteiger partial charge in [-0.3, -0.25) is 4.99 Å². The maximum absolute atomic E-state index is 13.4. The first-order chi connectivity index (χ1) is 13.2. The zero-order valence-electron chi connectivity index (χ0n) is 15.9. The number of likely N-dealkylation sites (tertiary alicyclic amines) is 1. The van der Waals surface area contributed by atoms with E-state index in [1.165, 1.54) is 25.0 Å². The van der Waals surface area contributed by atoms with E-state index in [1.54, 1.807) is 13.1 Å². The van der Waals surface area contributed by atoms with E-state index in [9.17, 15) is 4.39 Å². The van der Waals surface area contributed by atoms with Crippen molar-refractivity contribution in [3.05, 3.63) is 34.1 Å². The molecule has 7 heteroatoms. The van der Waals surface area contributed by atoms with Crippen molar-refractivity contribution in [3.63, 3.8) is 0 Å². The number of aliphatic imine (C=N–C) groups is 1. The minimum atomic E-state index is -0.232. The number of hydrogen-bond donors (Lipinski definition) is 1. The second-order valence-electron chi connectivity index (χ2n) is 7.14. The van der Waals surface area contributed by atoms with Gasteiger partial charge in [-0.2, -0.15) is 0 Å². The van der Waals surface area contributed by atoms with Crippen LogP contribution in [0.25, 0.3) is 0 Å². The lowest BCUT2D eigenvalue weighted by molar-refractivity contribution is -0.0721. The molecule has 1 atom stereocenters. The van der Waals surface area contributed by atoms with Crippen LogP contribution in [0.1, 0.15) is 37.7 Å². The number of rotatable bonds is 5. The van der Waals surface area contributed by atoms with Crippen molar-refractivity contribution >= 4 is 21.9 Å². The molecule has 1 aromatic carbocycles. The predicted molar refractivity (Wildman–Crippen MR) is 108 cm³/mol. The Kier molecular flexibility index (Phi) is 7.91. The van der Waals surface area contributed by atoms with Gasteiger partial charge in [0.2, 0.25) is 0 Å². The lowest BCUT2D eigenvalue weighted by Crippen LogP contribution is -2.47. The van der Waals surface area contributed by atoms with Crippen LogP contribution in [0, 0.1) is 5.82 Å². The summed E-state index contributed by atoms with van der Waals surface area (Å²) in [7, 11) is 1.78. The van der Waals surface area contributed by atoms with Gasteiger partial charge in [0.05, 0.1) is 18.8 Å². The molecule has 2 heterocycles. The molecule has 0 radical (unpaired) electrons. The molecule has 0 bridgehead atoms. The first-order valence-electron chi connectivity index (χ1n) is 9.78. The molecular weight excluding hydrogens is 413 g/mol. The number of guanidine groups is 1. The Bertz CT molecular complexity index is 630. The summed E-state index contributed by atoms with van der Waals surface area (Å²) in [6.45, 7) is 3.92. The van der Waals surface area contributed by atoms with E-state index in [0.29, 0.717) is 19.3 Å². The highest BCUT2D eigenvalue weighted by atomic mass is 79.9. The van der Waals surface area contributed by atoms with Crippen molar-refractivity contribution in [2.24, 2.45) is 4.99 Å². The number of nitrogens with one attached hydrogen (secondary N) is 1. The van der Waals surface area contributed by atoms with Crippen LogP contribution in [0.15, 0.2) is 27.7 Å².